The van der Waals surface area contributed by atoms with E-state index in [4.69, 9.17) is 0 Å². The van der Waals surface area contributed by atoms with Crippen molar-refractivity contribution in [2.45, 2.75) is 64.7 Å². The van der Waals surface area contributed by atoms with Crippen LogP contribution in [0, 0.1) is 5.92 Å². The molecule has 0 N–H and O–H groups in total. The van der Waals surface area contributed by atoms with Crippen LogP contribution in [0.5, 0.6) is 0 Å². The summed E-state index contributed by atoms with van der Waals surface area (Å²) in [6.07, 6.45) is 10.8. The van der Waals surface area contributed by atoms with Gasteiger partial charge in [0.15, 0.2) is 0 Å². The molecule has 0 saturated carbocycles. The Morgan fingerprint density at radius 1 is 1.22 bits per heavy atom. The molecule has 0 radical (unpaired) electrons. The first-order valence-corrected chi connectivity index (χ1v) is 8.73. The summed E-state index contributed by atoms with van der Waals surface area (Å²) in [5, 5.41) is 1.04. The minimum Gasteiger partial charge on any atom is -0.342 e. The molecule has 0 aromatic heterocycles. The summed E-state index contributed by atoms with van der Waals surface area (Å²) in [4.78, 5) is 14.1. The van der Waals surface area contributed by atoms with Crippen molar-refractivity contribution >= 4 is 21.8 Å². The Kier molecular flexibility index (Phi) is 8.74. The van der Waals surface area contributed by atoms with E-state index in [1.165, 1.54) is 44.9 Å². The summed E-state index contributed by atoms with van der Waals surface area (Å²) in [5.41, 5.74) is 0. The summed E-state index contributed by atoms with van der Waals surface area (Å²) >= 11 is 3.54. The third kappa shape index (κ3) is 6.21. The first-order chi connectivity index (χ1) is 8.77. The van der Waals surface area contributed by atoms with Gasteiger partial charge in [0.25, 0.3) is 0 Å². The quantitative estimate of drug-likeness (QED) is 0.481. The number of carbonyl (C=O) groups is 1. The molecular weight excluding hydrogens is 290 g/mol. The second kappa shape index (κ2) is 9.82. The Labute approximate surface area is 121 Å². The molecule has 0 aromatic carbocycles. The van der Waals surface area contributed by atoms with Crippen LogP contribution in [-0.4, -0.2) is 29.2 Å². The van der Waals surface area contributed by atoms with Crippen LogP contribution in [0.1, 0.15) is 64.7 Å². The van der Waals surface area contributed by atoms with Crippen LogP contribution in [0.25, 0.3) is 0 Å². The Hall–Kier alpha value is -0.0500. The minimum atomic E-state index is 0.385. The third-order valence-corrected chi connectivity index (χ3v) is 4.75. The van der Waals surface area contributed by atoms with Crippen LogP contribution in [0.3, 0.4) is 0 Å². The van der Waals surface area contributed by atoms with Crippen molar-refractivity contribution in [1.82, 2.24) is 4.90 Å². The van der Waals surface area contributed by atoms with Gasteiger partial charge in [-0.05, 0) is 25.2 Å². The SMILES string of the molecule is CCCCCCCCC(=O)N1CCCC(CBr)C1. The van der Waals surface area contributed by atoms with Crippen molar-refractivity contribution in [1.29, 1.82) is 0 Å². The zero-order chi connectivity index (χ0) is 13.2. The predicted molar refractivity (Wildman–Crippen MR) is 81.1 cm³/mol. The van der Waals surface area contributed by atoms with Crippen LogP contribution < -0.4 is 0 Å². The largest absolute Gasteiger partial charge is 0.342 e. The Morgan fingerprint density at radius 3 is 2.67 bits per heavy atom. The number of halogens is 1. The number of carbonyl (C=O) groups excluding carboxylic acids is 1. The highest BCUT2D eigenvalue weighted by Crippen LogP contribution is 2.19. The van der Waals surface area contributed by atoms with E-state index < -0.39 is 0 Å². The van der Waals surface area contributed by atoms with Gasteiger partial charge < -0.3 is 4.90 Å². The Balaban J connectivity index is 2.08. The molecule has 1 fully saturated rings. The second-order valence-electron chi connectivity index (χ2n) is 5.52. The standard InChI is InChI=1S/C15H28BrNO/c1-2-3-4-5-6-7-10-15(18)17-11-8-9-14(12-16)13-17/h14H,2-13H2,1H3. The minimum absolute atomic E-state index is 0.385. The van der Waals surface area contributed by atoms with E-state index in [2.05, 4.69) is 27.8 Å². The lowest BCUT2D eigenvalue weighted by molar-refractivity contribution is -0.132. The number of unbranched alkanes of at least 4 members (excludes halogenated alkanes) is 5. The normalized spacial score (nSPS) is 20.1. The van der Waals surface area contributed by atoms with Gasteiger partial charge in [0.2, 0.25) is 5.91 Å². The van der Waals surface area contributed by atoms with E-state index in [9.17, 15) is 4.79 Å². The molecule has 0 aromatic rings. The third-order valence-electron chi connectivity index (χ3n) is 3.83. The lowest BCUT2D eigenvalue weighted by Gasteiger charge is -2.32. The summed E-state index contributed by atoms with van der Waals surface area (Å²) in [7, 11) is 0. The molecule has 18 heavy (non-hydrogen) atoms. The zero-order valence-electron chi connectivity index (χ0n) is 11.8. The monoisotopic (exact) mass is 317 g/mol. The van der Waals surface area contributed by atoms with Gasteiger partial charge >= 0.3 is 0 Å². The molecule has 0 bridgehead atoms. The molecule has 1 rings (SSSR count). The van der Waals surface area contributed by atoms with Gasteiger partial charge in [0.05, 0.1) is 0 Å². The molecule has 2 nitrogen and oxygen atoms in total. The summed E-state index contributed by atoms with van der Waals surface area (Å²) < 4.78 is 0. The van der Waals surface area contributed by atoms with E-state index in [0.29, 0.717) is 11.8 Å². The fourth-order valence-corrected chi connectivity index (χ4v) is 3.16. The fraction of sp³-hybridized carbons (Fsp3) is 0.933. The van der Waals surface area contributed by atoms with Crippen molar-refractivity contribution in [3.8, 4) is 0 Å². The molecule has 1 atom stereocenters. The first kappa shape index (κ1) is 16.0. The summed E-state index contributed by atoms with van der Waals surface area (Å²) in [5.74, 6) is 1.06. The molecule has 0 spiro atoms. The molecule has 3 heteroatoms. The van der Waals surface area contributed by atoms with Crippen molar-refractivity contribution in [3.05, 3.63) is 0 Å². The highest BCUT2D eigenvalue weighted by molar-refractivity contribution is 9.09. The number of hydrogen-bond acceptors (Lipinski definition) is 1. The average molecular weight is 318 g/mol. The van der Waals surface area contributed by atoms with Crippen molar-refractivity contribution < 1.29 is 4.79 Å². The zero-order valence-corrected chi connectivity index (χ0v) is 13.4. The van der Waals surface area contributed by atoms with E-state index in [-0.39, 0.29) is 0 Å². The Bertz CT molecular complexity index is 233. The van der Waals surface area contributed by atoms with Crippen LogP contribution in [-0.2, 0) is 4.79 Å². The van der Waals surface area contributed by atoms with Crippen molar-refractivity contribution in [3.63, 3.8) is 0 Å². The Morgan fingerprint density at radius 2 is 1.94 bits per heavy atom. The van der Waals surface area contributed by atoms with Crippen molar-refractivity contribution in [2.24, 2.45) is 5.92 Å². The van der Waals surface area contributed by atoms with Gasteiger partial charge in [0.1, 0.15) is 0 Å². The van der Waals surface area contributed by atoms with Crippen molar-refractivity contribution in [2.75, 3.05) is 18.4 Å². The molecule has 1 amide bonds. The van der Waals surface area contributed by atoms with Gasteiger partial charge in [0, 0.05) is 24.8 Å². The van der Waals surface area contributed by atoms with E-state index in [1.807, 2.05) is 0 Å². The second-order valence-corrected chi connectivity index (χ2v) is 6.17. The molecule has 1 unspecified atom stereocenters. The molecular formula is C15H28BrNO. The maximum atomic E-state index is 12.1. The van der Waals surface area contributed by atoms with Crippen LogP contribution in [0.4, 0.5) is 0 Å². The number of alkyl halides is 1. The number of hydrogen-bond donors (Lipinski definition) is 0. The lowest BCUT2D eigenvalue weighted by atomic mass is 9.99. The predicted octanol–water partition coefficient (Wildman–Crippen LogP) is 4.37. The number of likely N-dealkylation sites (tertiary alicyclic amines) is 1. The highest BCUT2D eigenvalue weighted by Gasteiger charge is 2.22. The molecule has 1 aliphatic rings. The lowest BCUT2D eigenvalue weighted by Crippen LogP contribution is -2.40. The topological polar surface area (TPSA) is 20.3 Å². The molecule has 106 valence electrons. The number of nitrogens with zero attached hydrogens (tertiary/aromatic N) is 1. The van der Waals surface area contributed by atoms with Crippen LogP contribution in [0.2, 0.25) is 0 Å². The van der Waals surface area contributed by atoms with Gasteiger partial charge in [-0.1, -0.05) is 55.0 Å². The smallest absolute Gasteiger partial charge is 0.222 e. The fourth-order valence-electron chi connectivity index (χ4n) is 2.63. The summed E-state index contributed by atoms with van der Waals surface area (Å²) in [6.45, 7) is 4.19. The van der Waals surface area contributed by atoms with Gasteiger partial charge in [-0.25, -0.2) is 0 Å². The molecule has 1 heterocycles. The van der Waals surface area contributed by atoms with E-state index in [0.717, 1.165) is 31.3 Å². The van der Waals surface area contributed by atoms with Crippen LogP contribution in [0.15, 0.2) is 0 Å². The maximum Gasteiger partial charge on any atom is 0.222 e. The van der Waals surface area contributed by atoms with Gasteiger partial charge in [-0.3, -0.25) is 4.79 Å². The van der Waals surface area contributed by atoms with E-state index in [1.54, 1.807) is 0 Å². The number of amides is 1. The van der Waals surface area contributed by atoms with Gasteiger partial charge in [-0.2, -0.15) is 0 Å². The molecule has 1 saturated heterocycles. The van der Waals surface area contributed by atoms with E-state index >= 15 is 0 Å². The summed E-state index contributed by atoms with van der Waals surface area (Å²) in [6, 6.07) is 0. The van der Waals surface area contributed by atoms with Gasteiger partial charge in [-0.15, -0.1) is 0 Å². The number of rotatable bonds is 8. The average Bonchev–Trinajstić information content (AvgIpc) is 2.42. The first-order valence-electron chi connectivity index (χ1n) is 7.61. The maximum absolute atomic E-state index is 12.1. The highest BCUT2D eigenvalue weighted by atomic mass is 79.9. The van der Waals surface area contributed by atoms with Crippen LogP contribution >= 0.6 is 15.9 Å². The molecule has 0 aliphatic carbocycles. The number of piperidine rings is 1. The molecule has 1 aliphatic heterocycles.